The lowest BCUT2D eigenvalue weighted by atomic mass is 10.1. The summed E-state index contributed by atoms with van der Waals surface area (Å²) in [4.78, 5) is 19.0. The predicted octanol–water partition coefficient (Wildman–Crippen LogP) is 2.53. The minimum absolute atomic E-state index is 0.148. The van der Waals surface area contributed by atoms with Crippen LogP contribution in [0.2, 0.25) is 0 Å². The molecule has 0 aromatic heterocycles. The number of halogens is 1. The Morgan fingerprint density at radius 3 is 2.42 bits per heavy atom. The second-order valence-electron chi connectivity index (χ2n) is 7.32. The van der Waals surface area contributed by atoms with Gasteiger partial charge in [-0.3, -0.25) is 14.6 Å². The topological polar surface area (TPSA) is 36.0 Å². The van der Waals surface area contributed by atoms with E-state index in [0.29, 0.717) is 6.54 Å². The third-order valence-electron chi connectivity index (χ3n) is 5.68. The highest BCUT2D eigenvalue weighted by molar-refractivity contribution is 5.78. The van der Waals surface area contributed by atoms with Crippen molar-refractivity contribution in [2.24, 2.45) is 0 Å². The van der Waals surface area contributed by atoms with E-state index >= 15 is 0 Å². The standard InChI is InChI=1S/C20H30FN3O2/c1-16(17-6-7-19(26-2)18(21)14-17)23-12-10-22(11-13-23)15-20(25)24-8-4-3-5-9-24/h6-7,14,16H,3-5,8-13,15H2,1-2H3. The Bertz CT molecular complexity index is 611. The van der Waals surface area contributed by atoms with E-state index in [0.717, 1.165) is 57.7 Å². The Labute approximate surface area is 155 Å². The number of carbonyl (C=O) groups excluding carboxylic acids is 1. The summed E-state index contributed by atoms with van der Waals surface area (Å²) in [7, 11) is 1.48. The fraction of sp³-hybridized carbons (Fsp3) is 0.650. The maximum atomic E-state index is 14.0. The lowest BCUT2D eigenvalue weighted by Crippen LogP contribution is -2.51. The molecular weight excluding hydrogens is 333 g/mol. The van der Waals surface area contributed by atoms with E-state index in [1.807, 2.05) is 11.0 Å². The van der Waals surface area contributed by atoms with Crippen LogP contribution in [0.5, 0.6) is 5.75 Å². The van der Waals surface area contributed by atoms with Gasteiger partial charge in [-0.15, -0.1) is 0 Å². The zero-order valence-electron chi connectivity index (χ0n) is 15.9. The molecule has 0 bridgehead atoms. The van der Waals surface area contributed by atoms with Crippen LogP contribution >= 0.6 is 0 Å². The van der Waals surface area contributed by atoms with Crippen molar-refractivity contribution in [3.8, 4) is 5.75 Å². The molecule has 1 atom stereocenters. The molecule has 5 nitrogen and oxygen atoms in total. The van der Waals surface area contributed by atoms with Crippen LogP contribution in [0.15, 0.2) is 18.2 Å². The molecule has 1 amide bonds. The monoisotopic (exact) mass is 363 g/mol. The van der Waals surface area contributed by atoms with Crippen molar-refractivity contribution in [1.29, 1.82) is 0 Å². The number of benzene rings is 1. The third kappa shape index (κ3) is 4.54. The molecule has 2 aliphatic heterocycles. The van der Waals surface area contributed by atoms with Gasteiger partial charge in [0, 0.05) is 45.3 Å². The Hall–Kier alpha value is -1.66. The number of carbonyl (C=O) groups is 1. The van der Waals surface area contributed by atoms with Crippen molar-refractivity contribution < 1.29 is 13.9 Å². The molecule has 0 radical (unpaired) electrons. The number of rotatable bonds is 5. The molecule has 0 saturated carbocycles. The van der Waals surface area contributed by atoms with Crippen LogP contribution in [-0.4, -0.2) is 73.5 Å². The van der Waals surface area contributed by atoms with E-state index in [1.165, 1.54) is 13.5 Å². The summed E-state index contributed by atoms with van der Waals surface area (Å²) in [6.45, 7) is 8.00. The number of piperidine rings is 1. The van der Waals surface area contributed by atoms with Gasteiger partial charge < -0.3 is 9.64 Å². The molecule has 1 aromatic rings. The summed E-state index contributed by atoms with van der Waals surface area (Å²) in [6, 6.07) is 5.33. The first-order chi connectivity index (χ1) is 12.6. The molecule has 2 heterocycles. The van der Waals surface area contributed by atoms with Crippen LogP contribution in [-0.2, 0) is 4.79 Å². The molecule has 0 N–H and O–H groups in total. The first kappa shape index (κ1) is 19.1. The van der Waals surface area contributed by atoms with Gasteiger partial charge in [-0.2, -0.15) is 0 Å². The number of piperazine rings is 1. The average Bonchev–Trinajstić information content (AvgIpc) is 2.68. The van der Waals surface area contributed by atoms with E-state index < -0.39 is 0 Å². The largest absolute Gasteiger partial charge is 0.494 e. The number of hydrogen-bond acceptors (Lipinski definition) is 4. The minimum atomic E-state index is -0.317. The van der Waals surface area contributed by atoms with Gasteiger partial charge in [0.2, 0.25) is 5.91 Å². The Balaban J connectivity index is 1.49. The molecule has 3 rings (SSSR count). The molecule has 0 aliphatic carbocycles. The van der Waals surface area contributed by atoms with Crippen LogP contribution in [0, 0.1) is 5.82 Å². The molecule has 1 aromatic carbocycles. The zero-order valence-corrected chi connectivity index (χ0v) is 15.9. The molecule has 6 heteroatoms. The van der Waals surface area contributed by atoms with E-state index in [9.17, 15) is 9.18 Å². The molecule has 0 spiro atoms. The Kier molecular flexibility index (Phi) is 6.48. The summed E-state index contributed by atoms with van der Waals surface area (Å²) in [5, 5.41) is 0. The fourth-order valence-electron chi connectivity index (χ4n) is 3.90. The molecule has 26 heavy (non-hydrogen) atoms. The molecule has 2 saturated heterocycles. The maximum Gasteiger partial charge on any atom is 0.236 e. The number of likely N-dealkylation sites (tertiary alicyclic amines) is 1. The van der Waals surface area contributed by atoms with Crippen molar-refractivity contribution in [1.82, 2.24) is 14.7 Å². The fourth-order valence-corrected chi connectivity index (χ4v) is 3.90. The Morgan fingerprint density at radius 1 is 1.12 bits per heavy atom. The van der Waals surface area contributed by atoms with Crippen LogP contribution in [0.4, 0.5) is 4.39 Å². The zero-order chi connectivity index (χ0) is 18.5. The van der Waals surface area contributed by atoms with E-state index in [2.05, 4.69) is 16.7 Å². The van der Waals surface area contributed by atoms with Gasteiger partial charge in [-0.1, -0.05) is 6.07 Å². The van der Waals surface area contributed by atoms with Crippen molar-refractivity contribution in [3.05, 3.63) is 29.6 Å². The Morgan fingerprint density at radius 2 is 1.81 bits per heavy atom. The average molecular weight is 363 g/mol. The van der Waals surface area contributed by atoms with Gasteiger partial charge >= 0.3 is 0 Å². The summed E-state index contributed by atoms with van der Waals surface area (Å²) >= 11 is 0. The molecular formula is C20H30FN3O2. The highest BCUT2D eigenvalue weighted by Crippen LogP contribution is 2.26. The van der Waals surface area contributed by atoms with Gasteiger partial charge in [0.1, 0.15) is 0 Å². The highest BCUT2D eigenvalue weighted by Gasteiger charge is 2.25. The molecule has 1 unspecified atom stereocenters. The number of nitrogens with zero attached hydrogens (tertiary/aromatic N) is 3. The van der Waals surface area contributed by atoms with Gasteiger partial charge in [0.25, 0.3) is 0 Å². The number of ether oxygens (including phenoxy) is 1. The smallest absolute Gasteiger partial charge is 0.236 e. The number of hydrogen-bond donors (Lipinski definition) is 0. The number of amides is 1. The minimum Gasteiger partial charge on any atom is -0.494 e. The quantitative estimate of drug-likeness (QED) is 0.805. The summed E-state index contributed by atoms with van der Waals surface area (Å²) in [6.07, 6.45) is 3.51. The number of methoxy groups -OCH3 is 1. The van der Waals surface area contributed by atoms with Crippen LogP contribution in [0.1, 0.15) is 37.8 Å². The molecule has 2 fully saturated rings. The SMILES string of the molecule is COc1ccc(C(C)N2CCN(CC(=O)N3CCCCC3)CC2)cc1F. The second kappa shape index (κ2) is 8.82. The molecule has 144 valence electrons. The van der Waals surface area contributed by atoms with Crippen molar-refractivity contribution >= 4 is 5.91 Å². The summed E-state index contributed by atoms with van der Waals surface area (Å²) in [5.74, 6) is 0.230. The van der Waals surface area contributed by atoms with E-state index in [4.69, 9.17) is 4.74 Å². The van der Waals surface area contributed by atoms with E-state index in [-0.39, 0.29) is 23.5 Å². The van der Waals surface area contributed by atoms with Gasteiger partial charge in [0.15, 0.2) is 11.6 Å². The molecule has 2 aliphatic rings. The van der Waals surface area contributed by atoms with E-state index in [1.54, 1.807) is 12.1 Å². The lowest BCUT2D eigenvalue weighted by Gasteiger charge is -2.39. The van der Waals surface area contributed by atoms with Crippen molar-refractivity contribution in [2.75, 3.05) is 52.9 Å². The maximum absolute atomic E-state index is 14.0. The summed E-state index contributed by atoms with van der Waals surface area (Å²) in [5.41, 5.74) is 0.959. The normalized spacial score (nSPS) is 20.8. The third-order valence-corrected chi connectivity index (χ3v) is 5.68. The predicted molar refractivity (Wildman–Crippen MR) is 99.8 cm³/mol. The first-order valence-corrected chi connectivity index (χ1v) is 9.66. The second-order valence-corrected chi connectivity index (χ2v) is 7.32. The first-order valence-electron chi connectivity index (χ1n) is 9.66. The van der Waals surface area contributed by atoms with Gasteiger partial charge in [0.05, 0.1) is 13.7 Å². The van der Waals surface area contributed by atoms with Crippen LogP contribution in [0.25, 0.3) is 0 Å². The summed E-state index contributed by atoms with van der Waals surface area (Å²) < 4.78 is 19.0. The van der Waals surface area contributed by atoms with Gasteiger partial charge in [-0.05, 0) is 43.9 Å². The highest BCUT2D eigenvalue weighted by atomic mass is 19.1. The van der Waals surface area contributed by atoms with Crippen LogP contribution < -0.4 is 4.74 Å². The van der Waals surface area contributed by atoms with Gasteiger partial charge in [-0.25, -0.2) is 4.39 Å². The lowest BCUT2D eigenvalue weighted by molar-refractivity contribution is -0.133. The van der Waals surface area contributed by atoms with Crippen molar-refractivity contribution in [3.63, 3.8) is 0 Å². The van der Waals surface area contributed by atoms with Crippen LogP contribution in [0.3, 0.4) is 0 Å². The van der Waals surface area contributed by atoms with Crippen molar-refractivity contribution in [2.45, 2.75) is 32.2 Å².